The van der Waals surface area contributed by atoms with E-state index in [0.29, 0.717) is 0 Å². The fourth-order valence-electron chi connectivity index (χ4n) is 0.420. The van der Waals surface area contributed by atoms with E-state index in [4.69, 9.17) is 30.8 Å². The standard InChI is InChI=1S/C4H11NO3.C4H11O5P/c5-4(1-6,2-7)3-8;1-4(8-2)3-9-10(5,6)7/h6-8H,1-3,5H2;4H,3H2,1-2H3,(H2,5,6,7). The second-order valence-corrected chi connectivity index (χ2v) is 4.91. The summed E-state index contributed by atoms with van der Waals surface area (Å²) >= 11 is 0. The summed E-state index contributed by atoms with van der Waals surface area (Å²) in [6.07, 6.45) is -0.298. The molecule has 7 N–H and O–H groups in total. The van der Waals surface area contributed by atoms with E-state index >= 15 is 0 Å². The van der Waals surface area contributed by atoms with Crippen LogP contribution in [0.5, 0.6) is 0 Å². The molecule has 0 aromatic carbocycles. The van der Waals surface area contributed by atoms with E-state index in [1.807, 2.05) is 0 Å². The van der Waals surface area contributed by atoms with E-state index in [-0.39, 0.29) is 12.7 Å². The van der Waals surface area contributed by atoms with Crippen LogP contribution in [0, 0.1) is 0 Å². The zero-order valence-corrected chi connectivity index (χ0v) is 11.3. The van der Waals surface area contributed by atoms with Crippen molar-refractivity contribution in [3.63, 3.8) is 0 Å². The largest absolute Gasteiger partial charge is 0.469 e. The van der Waals surface area contributed by atoms with Gasteiger partial charge in [0.25, 0.3) is 0 Å². The lowest BCUT2D eigenvalue weighted by Crippen LogP contribution is -2.50. The molecule has 0 bridgehead atoms. The maximum Gasteiger partial charge on any atom is 0.469 e. The van der Waals surface area contributed by atoms with Crippen molar-refractivity contribution in [3.8, 4) is 0 Å². The van der Waals surface area contributed by atoms with Gasteiger partial charge in [0.15, 0.2) is 0 Å². The van der Waals surface area contributed by atoms with Crippen LogP contribution in [0.4, 0.5) is 0 Å². The molecule has 112 valence electrons. The average molecular weight is 291 g/mol. The molecule has 0 amide bonds. The highest BCUT2D eigenvalue weighted by atomic mass is 31.2. The van der Waals surface area contributed by atoms with Crippen LogP contribution in [0.2, 0.25) is 0 Å². The molecule has 0 radical (unpaired) electrons. The van der Waals surface area contributed by atoms with Crippen molar-refractivity contribution in [3.05, 3.63) is 0 Å². The van der Waals surface area contributed by atoms with Gasteiger partial charge in [0, 0.05) is 7.11 Å². The third kappa shape index (κ3) is 12.4. The van der Waals surface area contributed by atoms with Gasteiger partial charge in [-0.15, -0.1) is 0 Å². The summed E-state index contributed by atoms with van der Waals surface area (Å²) in [5.74, 6) is 0. The minimum absolute atomic E-state index is 0.0965. The lowest BCUT2D eigenvalue weighted by molar-refractivity contribution is 0.0575. The fourth-order valence-corrected chi connectivity index (χ4v) is 0.824. The molecule has 9 nitrogen and oxygen atoms in total. The highest BCUT2D eigenvalue weighted by Crippen LogP contribution is 2.35. The number of ether oxygens (including phenoxy) is 1. The van der Waals surface area contributed by atoms with Gasteiger partial charge in [-0.3, -0.25) is 4.52 Å². The Hall–Kier alpha value is -0.0900. The molecule has 0 saturated carbocycles. The second-order valence-electron chi connectivity index (χ2n) is 3.67. The van der Waals surface area contributed by atoms with Crippen LogP contribution in [0.1, 0.15) is 6.92 Å². The van der Waals surface area contributed by atoms with E-state index in [9.17, 15) is 4.57 Å². The summed E-state index contributed by atoms with van der Waals surface area (Å²) in [6, 6.07) is 0. The lowest BCUT2D eigenvalue weighted by Gasteiger charge is -2.20. The number of rotatable bonds is 7. The molecule has 0 saturated heterocycles. The summed E-state index contributed by atoms with van der Waals surface area (Å²) in [6.45, 7) is 0.344. The Labute approximate surface area is 105 Å². The average Bonchev–Trinajstić information content (AvgIpc) is 2.34. The van der Waals surface area contributed by atoms with Crippen LogP contribution < -0.4 is 5.73 Å². The number of hydrogen-bond acceptors (Lipinski definition) is 7. The van der Waals surface area contributed by atoms with Crippen molar-refractivity contribution < 1.29 is 38.9 Å². The van der Waals surface area contributed by atoms with Crippen molar-refractivity contribution >= 4 is 7.82 Å². The van der Waals surface area contributed by atoms with Gasteiger partial charge >= 0.3 is 7.82 Å². The molecular formula is C8H22NO8P. The minimum atomic E-state index is -4.31. The van der Waals surface area contributed by atoms with Gasteiger partial charge in [-0.05, 0) is 6.92 Å². The molecule has 0 aliphatic carbocycles. The summed E-state index contributed by atoms with van der Waals surface area (Å²) in [4.78, 5) is 16.4. The smallest absolute Gasteiger partial charge is 0.394 e. The number of aliphatic hydroxyl groups excluding tert-OH is 3. The molecule has 0 aromatic rings. The summed E-state index contributed by atoms with van der Waals surface area (Å²) in [5, 5.41) is 25.0. The predicted molar refractivity (Wildman–Crippen MR) is 62.6 cm³/mol. The van der Waals surface area contributed by atoms with Gasteiger partial charge in [0.1, 0.15) is 0 Å². The molecule has 18 heavy (non-hydrogen) atoms. The van der Waals surface area contributed by atoms with Crippen molar-refractivity contribution in [1.29, 1.82) is 0 Å². The Morgan fingerprint density at radius 1 is 1.22 bits per heavy atom. The first-order valence-electron chi connectivity index (χ1n) is 4.98. The van der Waals surface area contributed by atoms with E-state index in [1.54, 1.807) is 6.92 Å². The molecule has 10 heteroatoms. The molecule has 1 atom stereocenters. The van der Waals surface area contributed by atoms with Crippen LogP contribution in [0.15, 0.2) is 0 Å². The van der Waals surface area contributed by atoms with Gasteiger partial charge in [-0.25, -0.2) is 4.57 Å². The van der Waals surface area contributed by atoms with Gasteiger partial charge in [-0.1, -0.05) is 0 Å². The number of nitrogens with two attached hydrogens (primary N) is 1. The van der Waals surface area contributed by atoms with Gasteiger partial charge in [0.05, 0.1) is 38.1 Å². The molecule has 1 unspecified atom stereocenters. The molecule has 0 aliphatic heterocycles. The first-order valence-corrected chi connectivity index (χ1v) is 6.51. The number of phosphoric acid groups is 1. The number of hydrogen-bond donors (Lipinski definition) is 6. The second kappa shape index (κ2) is 9.79. The predicted octanol–water partition coefficient (Wildman–Crippen LogP) is -2.21. The SMILES string of the molecule is COC(C)COP(=O)(O)O.NC(CO)(CO)CO. The highest BCUT2D eigenvalue weighted by Gasteiger charge is 2.20. The molecule has 0 heterocycles. The molecule has 0 fully saturated rings. The van der Waals surface area contributed by atoms with E-state index in [1.165, 1.54) is 7.11 Å². The Morgan fingerprint density at radius 2 is 1.61 bits per heavy atom. The summed E-state index contributed by atoms with van der Waals surface area (Å²) in [7, 11) is -2.87. The summed E-state index contributed by atoms with van der Waals surface area (Å²) in [5.41, 5.74) is 3.94. The first kappa shape index (κ1) is 20.2. The van der Waals surface area contributed by atoms with Crippen LogP contribution in [0.3, 0.4) is 0 Å². The summed E-state index contributed by atoms with van der Waals surface area (Å²) < 4.78 is 18.9. The minimum Gasteiger partial charge on any atom is -0.394 e. The Morgan fingerprint density at radius 3 is 1.78 bits per heavy atom. The first-order chi connectivity index (χ1) is 8.14. The molecule has 0 aliphatic rings. The Balaban J connectivity index is 0. The topological polar surface area (TPSA) is 163 Å². The maximum atomic E-state index is 10.1. The normalized spacial score (nSPS) is 13.8. The third-order valence-electron chi connectivity index (χ3n) is 1.82. The molecule has 0 aromatic heterocycles. The number of methoxy groups -OCH3 is 1. The van der Waals surface area contributed by atoms with Gasteiger partial charge in [-0.2, -0.15) is 0 Å². The van der Waals surface area contributed by atoms with Crippen molar-refractivity contribution in [1.82, 2.24) is 0 Å². The van der Waals surface area contributed by atoms with Crippen molar-refractivity contribution in [2.45, 2.75) is 18.6 Å². The van der Waals surface area contributed by atoms with Crippen LogP contribution in [0.25, 0.3) is 0 Å². The van der Waals surface area contributed by atoms with Crippen molar-refractivity contribution in [2.24, 2.45) is 5.73 Å². The van der Waals surface area contributed by atoms with E-state index in [2.05, 4.69) is 9.26 Å². The van der Waals surface area contributed by atoms with Gasteiger partial charge < -0.3 is 35.6 Å². The maximum absolute atomic E-state index is 10.1. The molecule has 0 spiro atoms. The van der Waals surface area contributed by atoms with Crippen molar-refractivity contribution in [2.75, 3.05) is 33.5 Å². The van der Waals surface area contributed by atoms with Crippen LogP contribution >= 0.6 is 7.82 Å². The monoisotopic (exact) mass is 291 g/mol. The fraction of sp³-hybridized carbons (Fsp3) is 1.00. The lowest BCUT2D eigenvalue weighted by atomic mass is 10.1. The Bertz CT molecular complexity index is 233. The molecule has 0 rings (SSSR count). The number of aliphatic hydroxyl groups is 3. The van der Waals surface area contributed by atoms with Gasteiger partial charge in [0.2, 0.25) is 0 Å². The zero-order valence-electron chi connectivity index (χ0n) is 10.4. The Kier molecular flexibility index (Phi) is 11.0. The highest BCUT2D eigenvalue weighted by molar-refractivity contribution is 7.46. The number of phosphoric ester groups is 1. The van der Waals surface area contributed by atoms with Crippen LogP contribution in [-0.4, -0.2) is 70.3 Å². The quantitative estimate of drug-likeness (QED) is 0.285. The van der Waals surface area contributed by atoms with E-state index in [0.717, 1.165) is 0 Å². The van der Waals surface area contributed by atoms with E-state index < -0.39 is 33.2 Å². The third-order valence-corrected chi connectivity index (χ3v) is 2.31. The molecular weight excluding hydrogens is 269 g/mol. The van der Waals surface area contributed by atoms with Crippen LogP contribution in [-0.2, 0) is 13.8 Å². The zero-order chi connectivity index (χ0) is 14.8.